The van der Waals surface area contributed by atoms with E-state index in [0.29, 0.717) is 5.75 Å². The minimum atomic E-state index is 0.110. The molecule has 0 radical (unpaired) electrons. The molecule has 0 unspecified atom stereocenters. The number of carbonyl (C=O) groups excluding carboxylic acids is 1. The maximum absolute atomic E-state index is 12.6. The van der Waals surface area contributed by atoms with Gasteiger partial charge < -0.3 is 9.47 Å². The molecule has 1 aliphatic heterocycles. The smallest absolute Gasteiger partial charge is 0.237 e. The van der Waals surface area contributed by atoms with Crippen LogP contribution in [0.3, 0.4) is 0 Å². The first kappa shape index (κ1) is 15.9. The normalized spacial score (nSPS) is 13.1. The molecule has 0 spiro atoms. The Morgan fingerprint density at radius 3 is 2.68 bits per heavy atom. The Kier molecular flexibility index (Phi) is 4.28. The molecule has 0 bridgehead atoms. The number of thioether (sulfide) groups is 1. The van der Waals surface area contributed by atoms with E-state index in [9.17, 15) is 4.79 Å². The summed E-state index contributed by atoms with van der Waals surface area (Å²) in [6, 6.07) is 18.0. The quantitative estimate of drug-likeness (QED) is 0.678. The molecule has 0 atom stereocenters. The molecule has 1 aliphatic rings. The Morgan fingerprint density at radius 1 is 1.08 bits per heavy atom. The van der Waals surface area contributed by atoms with Crippen molar-refractivity contribution < 1.29 is 4.79 Å². The van der Waals surface area contributed by atoms with Crippen molar-refractivity contribution in [2.75, 3.05) is 17.2 Å². The highest BCUT2D eigenvalue weighted by molar-refractivity contribution is 7.99. The molecule has 0 fully saturated rings. The van der Waals surface area contributed by atoms with Gasteiger partial charge >= 0.3 is 0 Å². The number of aromatic nitrogens is 3. The maximum Gasteiger partial charge on any atom is 0.237 e. The molecule has 5 nitrogen and oxygen atoms in total. The Hall–Kier alpha value is -2.60. The predicted molar refractivity (Wildman–Crippen MR) is 99.7 cm³/mol. The maximum atomic E-state index is 12.6. The number of nitrogens with zero attached hydrogens (tertiary/aromatic N) is 4. The summed E-state index contributed by atoms with van der Waals surface area (Å²) in [7, 11) is 1.93. The zero-order chi connectivity index (χ0) is 17.2. The number of hydrogen-bond acceptors (Lipinski definition) is 4. The number of amides is 1. The number of benzene rings is 2. The van der Waals surface area contributed by atoms with Crippen LogP contribution in [0.15, 0.2) is 59.8 Å². The highest BCUT2D eigenvalue weighted by atomic mass is 32.2. The van der Waals surface area contributed by atoms with Crippen LogP contribution in [0.2, 0.25) is 0 Å². The van der Waals surface area contributed by atoms with Crippen molar-refractivity contribution in [2.45, 2.75) is 11.6 Å². The van der Waals surface area contributed by atoms with E-state index in [1.54, 1.807) is 0 Å². The van der Waals surface area contributed by atoms with Crippen molar-refractivity contribution in [1.29, 1.82) is 0 Å². The first-order valence-electron chi connectivity index (χ1n) is 8.20. The number of hydrogen-bond donors (Lipinski definition) is 0. The van der Waals surface area contributed by atoms with E-state index in [0.717, 1.165) is 35.2 Å². The minimum Gasteiger partial charge on any atom is -0.311 e. The van der Waals surface area contributed by atoms with Gasteiger partial charge in [-0.3, -0.25) is 4.79 Å². The highest BCUT2D eigenvalue weighted by Gasteiger charge is 2.24. The lowest BCUT2D eigenvalue weighted by molar-refractivity contribution is -0.116. The van der Waals surface area contributed by atoms with Crippen LogP contribution in [0.25, 0.3) is 11.4 Å². The van der Waals surface area contributed by atoms with Crippen LogP contribution in [-0.4, -0.2) is 33.0 Å². The molecule has 0 N–H and O–H groups in total. The monoisotopic (exact) mass is 350 g/mol. The average molecular weight is 350 g/mol. The second-order valence-electron chi connectivity index (χ2n) is 5.94. The summed E-state index contributed by atoms with van der Waals surface area (Å²) >= 11 is 1.43. The molecule has 1 aromatic heterocycles. The first-order chi connectivity index (χ1) is 12.2. The second kappa shape index (κ2) is 6.72. The molecule has 3 aromatic rings. The van der Waals surface area contributed by atoms with Crippen LogP contribution in [0.1, 0.15) is 5.56 Å². The summed E-state index contributed by atoms with van der Waals surface area (Å²) < 4.78 is 1.94. The van der Waals surface area contributed by atoms with E-state index < -0.39 is 0 Å². The van der Waals surface area contributed by atoms with Crippen molar-refractivity contribution in [3.8, 4) is 11.4 Å². The van der Waals surface area contributed by atoms with Gasteiger partial charge in [0.15, 0.2) is 11.0 Å². The fourth-order valence-electron chi connectivity index (χ4n) is 3.08. The standard InChI is InChI=1S/C19H18N4OS/c1-22-18(15-8-3-2-4-9-15)20-21-19(22)25-13-17(24)23-12-11-14-7-5-6-10-16(14)23/h2-10H,11-13H2,1H3. The molecular weight excluding hydrogens is 332 g/mol. The minimum absolute atomic E-state index is 0.110. The van der Waals surface area contributed by atoms with Crippen molar-refractivity contribution in [2.24, 2.45) is 7.05 Å². The van der Waals surface area contributed by atoms with E-state index in [4.69, 9.17) is 0 Å². The topological polar surface area (TPSA) is 51.0 Å². The van der Waals surface area contributed by atoms with Gasteiger partial charge in [-0.15, -0.1) is 10.2 Å². The van der Waals surface area contributed by atoms with Crippen molar-refractivity contribution >= 4 is 23.4 Å². The zero-order valence-corrected chi connectivity index (χ0v) is 14.7. The summed E-state index contributed by atoms with van der Waals surface area (Å²) in [6.07, 6.45) is 0.925. The third-order valence-corrected chi connectivity index (χ3v) is 5.38. The van der Waals surface area contributed by atoms with Crippen LogP contribution in [0, 0.1) is 0 Å². The number of rotatable bonds is 4. The lowest BCUT2D eigenvalue weighted by atomic mass is 10.2. The summed E-state index contributed by atoms with van der Waals surface area (Å²) in [5.41, 5.74) is 3.30. The molecule has 25 heavy (non-hydrogen) atoms. The Bertz CT molecular complexity index is 907. The van der Waals surface area contributed by atoms with Crippen LogP contribution in [-0.2, 0) is 18.3 Å². The van der Waals surface area contributed by atoms with Crippen LogP contribution in [0.5, 0.6) is 0 Å². The molecular formula is C19H18N4OS. The Morgan fingerprint density at radius 2 is 1.84 bits per heavy atom. The van der Waals surface area contributed by atoms with Gasteiger partial charge in [0.1, 0.15) is 0 Å². The Balaban J connectivity index is 1.46. The van der Waals surface area contributed by atoms with E-state index in [1.807, 2.05) is 65.0 Å². The lowest BCUT2D eigenvalue weighted by Crippen LogP contribution is -2.30. The van der Waals surface area contributed by atoms with Crippen molar-refractivity contribution in [3.63, 3.8) is 0 Å². The third-order valence-electron chi connectivity index (χ3n) is 4.38. The van der Waals surface area contributed by atoms with Crippen molar-refractivity contribution in [3.05, 3.63) is 60.2 Å². The molecule has 2 aromatic carbocycles. The van der Waals surface area contributed by atoms with Gasteiger partial charge in [-0.05, 0) is 18.1 Å². The van der Waals surface area contributed by atoms with E-state index >= 15 is 0 Å². The van der Waals surface area contributed by atoms with Gasteiger partial charge in [0.05, 0.1) is 5.75 Å². The van der Waals surface area contributed by atoms with Crippen molar-refractivity contribution in [1.82, 2.24) is 14.8 Å². The predicted octanol–water partition coefficient (Wildman–Crippen LogP) is 3.16. The molecule has 6 heteroatoms. The first-order valence-corrected chi connectivity index (χ1v) is 9.18. The van der Waals surface area contributed by atoms with Gasteiger partial charge in [0.25, 0.3) is 0 Å². The SMILES string of the molecule is Cn1c(SCC(=O)N2CCc3ccccc32)nnc1-c1ccccc1. The zero-order valence-electron chi connectivity index (χ0n) is 13.9. The number of anilines is 1. The average Bonchev–Trinajstić information content (AvgIpc) is 3.24. The lowest BCUT2D eigenvalue weighted by Gasteiger charge is -2.16. The van der Waals surface area contributed by atoms with Gasteiger partial charge in [-0.25, -0.2) is 0 Å². The van der Waals surface area contributed by atoms with E-state index in [-0.39, 0.29) is 5.91 Å². The largest absolute Gasteiger partial charge is 0.311 e. The molecule has 4 rings (SSSR count). The third kappa shape index (κ3) is 3.05. The number of fused-ring (bicyclic) bond motifs is 1. The van der Waals surface area contributed by atoms with E-state index in [1.165, 1.54) is 17.3 Å². The highest BCUT2D eigenvalue weighted by Crippen LogP contribution is 2.29. The van der Waals surface area contributed by atoms with Crippen LogP contribution < -0.4 is 4.90 Å². The van der Waals surface area contributed by atoms with Gasteiger partial charge in [0.2, 0.25) is 5.91 Å². The molecule has 0 aliphatic carbocycles. The van der Waals surface area contributed by atoms with Gasteiger partial charge in [0, 0.05) is 24.8 Å². The summed E-state index contributed by atoms with van der Waals surface area (Å²) in [6.45, 7) is 0.757. The molecule has 1 amide bonds. The summed E-state index contributed by atoms with van der Waals surface area (Å²) in [4.78, 5) is 14.5. The fourth-order valence-corrected chi connectivity index (χ4v) is 3.87. The number of carbonyl (C=O) groups is 1. The van der Waals surface area contributed by atoms with Gasteiger partial charge in [-0.2, -0.15) is 0 Å². The number of para-hydroxylation sites is 1. The fraction of sp³-hybridized carbons (Fsp3) is 0.211. The summed E-state index contributed by atoms with van der Waals surface area (Å²) in [5.74, 6) is 1.27. The Labute approximate surface area is 150 Å². The molecule has 2 heterocycles. The van der Waals surface area contributed by atoms with E-state index in [2.05, 4.69) is 16.3 Å². The van der Waals surface area contributed by atoms with Crippen LogP contribution in [0.4, 0.5) is 5.69 Å². The second-order valence-corrected chi connectivity index (χ2v) is 6.89. The van der Waals surface area contributed by atoms with Crippen LogP contribution >= 0.6 is 11.8 Å². The molecule has 0 saturated carbocycles. The molecule has 0 saturated heterocycles. The van der Waals surface area contributed by atoms with Gasteiger partial charge in [-0.1, -0.05) is 60.3 Å². The summed E-state index contributed by atoms with van der Waals surface area (Å²) in [5, 5.41) is 9.25. The molecule has 126 valence electrons.